The van der Waals surface area contributed by atoms with Crippen molar-refractivity contribution in [3.63, 3.8) is 0 Å². The summed E-state index contributed by atoms with van der Waals surface area (Å²) in [4.78, 5) is 0. The summed E-state index contributed by atoms with van der Waals surface area (Å²) < 4.78 is 5.09. The van der Waals surface area contributed by atoms with Crippen molar-refractivity contribution >= 4 is 30.2 Å². The molecule has 0 aliphatic rings. The fourth-order valence-corrected chi connectivity index (χ4v) is 1.56. The zero-order chi connectivity index (χ0) is 6.57. The maximum atomic E-state index is 5.46. The first-order valence-electron chi connectivity index (χ1n) is 2.48. The normalized spacial score (nSPS) is 18.0. The standard InChI is InChI=1S/C4H10ClOPS/c1-3-4(2)6-7(5)8/h4,8H,3H2,1-2H3. The number of hydrogen-bond donors (Lipinski definition) is 1. The molecule has 0 fully saturated rings. The van der Waals surface area contributed by atoms with Crippen LogP contribution in [0.5, 0.6) is 0 Å². The lowest BCUT2D eigenvalue weighted by molar-refractivity contribution is 0.253. The second kappa shape index (κ2) is 4.87. The van der Waals surface area contributed by atoms with Crippen molar-refractivity contribution in [1.29, 1.82) is 0 Å². The highest BCUT2D eigenvalue weighted by Gasteiger charge is 2.02. The molecule has 0 aromatic heterocycles. The number of hydrogen-bond acceptors (Lipinski definition) is 2. The van der Waals surface area contributed by atoms with Gasteiger partial charge in [-0.25, -0.2) is 0 Å². The van der Waals surface area contributed by atoms with E-state index in [0.717, 1.165) is 6.42 Å². The first-order valence-corrected chi connectivity index (χ1v) is 5.80. The molecular formula is C4H10ClOPS. The first kappa shape index (κ1) is 9.03. The van der Waals surface area contributed by atoms with Crippen LogP contribution in [0.2, 0.25) is 0 Å². The molecule has 0 aliphatic heterocycles. The van der Waals surface area contributed by atoms with E-state index in [9.17, 15) is 0 Å². The van der Waals surface area contributed by atoms with Crippen molar-refractivity contribution in [2.24, 2.45) is 0 Å². The monoisotopic (exact) mass is 172 g/mol. The summed E-state index contributed by atoms with van der Waals surface area (Å²) >= 11 is 9.36. The van der Waals surface area contributed by atoms with Crippen LogP contribution in [0, 0.1) is 0 Å². The van der Waals surface area contributed by atoms with Crippen molar-refractivity contribution < 1.29 is 4.52 Å². The zero-order valence-electron chi connectivity index (χ0n) is 4.97. The minimum Gasteiger partial charge on any atom is -0.332 e. The van der Waals surface area contributed by atoms with Gasteiger partial charge < -0.3 is 4.52 Å². The summed E-state index contributed by atoms with van der Waals surface area (Å²) in [7, 11) is 0. The molecule has 0 saturated carbocycles. The molecule has 1 nitrogen and oxygen atoms in total. The van der Waals surface area contributed by atoms with Gasteiger partial charge in [-0.2, -0.15) is 0 Å². The van der Waals surface area contributed by atoms with E-state index >= 15 is 0 Å². The molecule has 2 unspecified atom stereocenters. The van der Waals surface area contributed by atoms with Gasteiger partial charge in [-0.1, -0.05) is 18.2 Å². The first-order chi connectivity index (χ1) is 3.66. The van der Waals surface area contributed by atoms with Gasteiger partial charge in [0.1, 0.15) is 0 Å². The molecule has 0 radical (unpaired) electrons. The Balaban J connectivity index is 3.10. The molecule has 0 N–H and O–H groups in total. The van der Waals surface area contributed by atoms with E-state index in [1.165, 1.54) is 0 Å². The molecule has 50 valence electrons. The number of halogens is 1. The molecule has 0 rings (SSSR count). The summed E-state index contributed by atoms with van der Waals surface area (Å²) in [5.74, 6) is 0. The van der Waals surface area contributed by atoms with E-state index < -0.39 is 6.70 Å². The van der Waals surface area contributed by atoms with E-state index in [1.807, 2.05) is 13.8 Å². The van der Waals surface area contributed by atoms with Crippen molar-refractivity contribution in [2.45, 2.75) is 26.4 Å². The smallest absolute Gasteiger partial charge is 0.185 e. The van der Waals surface area contributed by atoms with Gasteiger partial charge in [0.2, 0.25) is 0 Å². The molecule has 0 aromatic carbocycles. The van der Waals surface area contributed by atoms with Crippen LogP contribution < -0.4 is 0 Å². The van der Waals surface area contributed by atoms with Crippen LogP contribution in [0.25, 0.3) is 0 Å². The highest BCUT2D eigenvalue weighted by Crippen LogP contribution is 2.48. The Morgan fingerprint density at radius 1 is 1.88 bits per heavy atom. The quantitative estimate of drug-likeness (QED) is 0.508. The molecule has 0 bridgehead atoms. The van der Waals surface area contributed by atoms with E-state index in [2.05, 4.69) is 12.2 Å². The molecule has 0 spiro atoms. The molecule has 0 aliphatic carbocycles. The second-order valence-electron chi connectivity index (χ2n) is 1.55. The fourth-order valence-electron chi connectivity index (χ4n) is 0.223. The van der Waals surface area contributed by atoms with Gasteiger partial charge in [0.05, 0.1) is 6.10 Å². The topological polar surface area (TPSA) is 9.23 Å². The zero-order valence-corrected chi connectivity index (χ0v) is 7.51. The maximum absolute atomic E-state index is 5.46. The van der Waals surface area contributed by atoms with Gasteiger partial charge >= 0.3 is 0 Å². The Kier molecular flexibility index (Phi) is 5.49. The molecule has 2 atom stereocenters. The highest BCUT2D eigenvalue weighted by atomic mass is 35.7. The van der Waals surface area contributed by atoms with Crippen LogP contribution in [0.3, 0.4) is 0 Å². The van der Waals surface area contributed by atoms with Crippen LogP contribution in [0.4, 0.5) is 0 Å². The fraction of sp³-hybridized carbons (Fsp3) is 1.00. The lowest BCUT2D eigenvalue weighted by Gasteiger charge is -2.09. The molecule has 8 heavy (non-hydrogen) atoms. The van der Waals surface area contributed by atoms with Gasteiger partial charge in [-0.15, -0.1) is 12.2 Å². The Labute approximate surface area is 61.5 Å². The maximum Gasteiger partial charge on any atom is 0.185 e. The molecule has 0 saturated heterocycles. The van der Waals surface area contributed by atoms with Crippen molar-refractivity contribution in [1.82, 2.24) is 0 Å². The lowest BCUT2D eigenvalue weighted by atomic mass is 10.3. The van der Waals surface area contributed by atoms with Crippen molar-refractivity contribution in [3.8, 4) is 0 Å². The van der Waals surface area contributed by atoms with Crippen LogP contribution in [-0.4, -0.2) is 6.10 Å². The van der Waals surface area contributed by atoms with E-state index in [1.54, 1.807) is 0 Å². The number of thiol groups is 1. The van der Waals surface area contributed by atoms with Gasteiger partial charge in [-0.3, -0.25) is 0 Å². The minimum atomic E-state index is -0.979. The molecule has 0 heterocycles. The van der Waals surface area contributed by atoms with Crippen LogP contribution in [0.15, 0.2) is 0 Å². The molecule has 0 amide bonds. The second-order valence-corrected chi connectivity index (χ2v) is 4.93. The van der Waals surface area contributed by atoms with E-state index in [4.69, 9.17) is 15.8 Å². The summed E-state index contributed by atoms with van der Waals surface area (Å²) in [5.41, 5.74) is 0. The molecule has 4 heteroatoms. The van der Waals surface area contributed by atoms with Crippen LogP contribution in [0.1, 0.15) is 20.3 Å². The average molecular weight is 173 g/mol. The summed E-state index contributed by atoms with van der Waals surface area (Å²) in [6.07, 6.45) is 1.24. The highest BCUT2D eigenvalue weighted by molar-refractivity contribution is 8.52. The summed E-state index contributed by atoms with van der Waals surface area (Å²) in [6, 6.07) is 0. The largest absolute Gasteiger partial charge is 0.332 e. The Hall–Kier alpha value is 1.03. The molecule has 0 aromatic rings. The minimum absolute atomic E-state index is 0.246. The summed E-state index contributed by atoms with van der Waals surface area (Å²) in [6.45, 7) is 3.05. The van der Waals surface area contributed by atoms with Crippen molar-refractivity contribution in [2.75, 3.05) is 0 Å². The Morgan fingerprint density at radius 3 is 2.50 bits per heavy atom. The predicted molar refractivity (Wildman–Crippen MR) is 42.6 cm³/mol. The Morgan fingerprint density at radius 2 is 2.38 bits per heavy atom. The third-order valence-electron chi connectivity index (χ3n) is 0.842. The summed E-state index contributed by atoms with van der Waals surface area (Å²) in [5, 5.41) is 0. The van der Waals surface area contributed by atoms with E-state index in [0.29, 0.717) is 0 Å². The SMILES string of the molecule is CCC(C)OP(S)Cl. The number of rotatable bonds is 3. The van der Waals surface area contributed by atoms with Crippen molar-refractivity contribution in [3.05, 3.63) is 0 Å². The van der Waals surface area contributed by atoms with Crippen LogP contribution >= 0.6 is 30.2 Å². The van der Waals surface area contributed by atoms with E-state index in [-0.39, 0.29) is 6.10 Å². The lowest BCUT2D eigenvalue weighted by Crippen LogP contribution is -1.98. The average Bonchev–Trinajstić information content (AvgIpc) is 1.65. The van der Waals surface area contributed by atoms with Gasteiger partial charge in [0, 0.05) is 0 Å². The Bertz CT molecular complexity index is 62.0. The molecular weight excluding hydrogens is 163 g/mol. The van der Waals surface area contributed by atoms with Gasteiger partial charge in [0.25, 0.3) is 0 Å². The van der Waals surface area contributed by atoms with Crippen LogP contribution in [-0.2, 0) is 4.52 Å². The van der Waals surface area contributed by atoms with Gasteiger partial charge in [0.15, 0.2) is 6.70 Å². The third kappa shape index (κ3) is 5.17. The van der Waals surface area contributed by atoms with Gasteiger partial charge in [-0.05, 0) is 13.3 Å². The third-order valence-corrected chi connectivity index (χ3v) is 1.90. The predicted octanol–water partition coefficient (Wildman–Crippen LogP) is 3.20.